The molecular formula is C25H35N3O2S. The number of benzene rings is 1. The molecule has 0 saturated heterocycles. The van der Waals surface area contributed by atoms with Crippen molar-refractivity contribution >= 4 is 34.0 Å². The molecule has 5 nitrogen and oxygen atoms in total. The molecule has 1 fully saturated rings. The average Bonchev–Trinajstić information content (AvgIpc) is 3.04. The van der Waals surface area contributed by atoms with Gasteiger partial charge in [0.25, 0.3) is 5.91 Å². The Bertz CT molecular complexity index is 956. The maximum Gasteiger partial charge on any atom is 0.267 e. The number of thiazole rings is 1. The predicted molar refractivity (Wildman–Crippen MR) is 129 cm³/mol. The third-order valence-corrected chi connectivity index (χ3v) is 7.54. The molecule has 168 valence electrons. The van der Waals surface area contributed by atoms with Crippen LogP contribution in [0.25, 0.3) is 0 Å². The highest BCUT2D eigenvalue weighted by Crippen LogP contribution is 2.40. The van der Waals surface area contributed by atoms with Crippen LogP contribution in [0.2, 0.25) is 0 Å². The lowest BCUT2D eigenvalue weighted by Crippen LogP contribution is -2.31. The molecule has 1 saturated carbocycles. The summed E-state index contributed by atoms with van der Waals surface area (Å²) in [5.74, 6) is 0.537. The number of rotatable bonds is 4. The first-order valence-corrected chi connectivity index (χ1v) is 11.9. The Kier molecular flexibility index (Phi) is 6.89. The van der Waals surface area contributed by atoms with E-state index in [2.05, 4.69) is 48.5 Å². The van der Waals surface area contributed by atoms with E-state index in [0.717, 1.165) is 42.5 Å². The fraction of sp³-hybridized carbons (Fsp3) is 0.560. The van der Waals surface area contributed by atoms with Crippen molar-refractivity contribution in [2.75, 3.05) is 10.6 Å². The summed E-state index contributed by atoms with van der Waals surface area (Å²) in [6, 6.07) is 4.12. The third kappa shape index (κ3) is 5.53. The largest absolute Gasteiger partial charge is 0.321 e. The SMILES string of the molecule is Cc1cc(C)c(NC(=O)c2sc(NC(=O)C3CCC(C(C)(C)C)CC3)nc2C)c(C)c1. The highest BCUT2D eigenvalue weighted by atomic mass is 32.1. The summed E-state index contributed by atoms with van der Waals surface area (Å²) < 4.78 is 0. The lowest BCUT2D eigenvalue weighted by molar-refractivity contribution is -0.121. The lowest BCUT2D eigenvalue weighted by atomic mass is 9.70. The summed E-state index contributed by atoms with van der Waals surface area (Å²) in [6.45, 7) is 14.7. The number of nitrogens with one attached hydrogen (secondary N) is 2. The molecule has 1 heterocycles. The van der Waals surface area contributed by atoms with E-state index in [-0.39, 0.29) is 17.7 Å². The minimum Gasteiger partial charge on any atom is -0.321 e. The molecule has 1 aliphatic carbocycles. The minimum absolute atomic E-state index is 0.0259. The molecule has 0 bridgehead atoms. The van der Waals surface area contributed by atoms with Crippen LogP contribution in [0.15, 0.2) is 12.1 Å². The van der Waals surface area contributed by atoms with E-state index in [4.69, 9.17) is 0 Å². The number of amides is 2. The number of aryl methyl sites for hydroxylation is 4. The molecule has 0 aliphatic heterocycles. The Balaban J connectivity index is 1.65. The van der Waals surface area contributed by atoms with Gasteiger partial charge in [0, 0.05) is 11.6 Å². The first-order chi connectivity index (χ1) is 14.5. The van der Waals surface area contributed by atoms with E-state index >= 15 is 0 Å². The van der Waals surface area contributed by atoms with E-state index in [0.29, 0.717) is 27.0 Å². The number of nitrogens with zero attached hydrogens (tertiary/aromatic N) is 1. The second-order valence-electron chi connectivity index (χ2n) is 10.1. The first kappa shape index (κ1) is 23.5. The summed E-state index contributed by atoms with van der Waals surface area (Å²) in [5, 5.41) is 6.50. The zero-order chi connectivity index (χ0) is 22.9. The second kappa shape index (κ2) is 9.11. The number of carbonyl (C=O) groups excluding carboxylic acids is 2. The molecule has 0 radical (unpaired) electrons. The number of hydrogen-bond acceptors (Lipinski definition) is 4. The van der Waals surface area contributed by atoms with Crippen LogP contribution in [-0.4, -0.2) is 16.8 Å². The van der Waals surface area contributed by atoms with E-state index in [1.165, 1.54) is 16.9 Å². The Morgan fingerprint density at radius 3 is 2.10 bits per heavy atom. The van der Waals surface area contributed by atoms with Crippen LogP contribution in [0.4, 0.5) is 10.8 Å². The van der Waals surface area contributed by atoms with Crippen molar-refractivity contribution in [1.29, 1.82) is 0 Å². The van der Waals surface area contributed by atoms with Crippen molar-refractivity contribution in [1.82, 2.24) is 4.98 Å². The van der Waals surface area contributed by atoms with Crippen molar-refractivity contribution in [3.8, 4) is 0 Å². The van der Waals surface area contributed by atoms with Gasteiger partial charge in [-0.05, 0) is 75.8 Å². The molecule has 1 aliphatic rings. The molecule has 2 N–H and O–H groups in total. The Labute approximate surface area is 190 Å². The van der Waals surface area contributed by atoms with E-state index in [1.54, 1.807) is 0 Å². The molecule has 6 heteroatoms. The van der Waals surface area contributed by atoms with Crippen molar-refractivity contribution in [2.24, 2.45) is 17.3 Å². The molecule has 2 aromatic rings. The fourth-order valence-electron chi connectivity index (χ4n) is 4.64. The van der Waals surface area contributed by atoms with Gasteiger partial charge in [-0.15, -0.1) is 0 Å². The van der Waals surface area contributed by atoms with Crippen molar-refractivity contribution < 1.29 is 9.59 Å². The Morgan fingerprint density at radius 2 is 1.55 bits per heavy atom. The zero-order valence-corrected chi connectivity index (χ0v) is 20.6. The van der Waals surface area contributed by atoms with Gasteiger partial charge >= 0.3 is 0 Å². The number of hydrogen-bond donors (Lipinski definition) is 2. The smallest absolute Gasteiger partial charge is 0.267 e. The predicted octanol–water partition coefficient (Wildman–Crippen LogP) is 6.42. The van der Waals surface area contributed by atoms with Gasteiger partial charge in [-0.2, -0.15) is 0 Å². The highest BCUT2D eigenvalue weighted by molar-refractivity contribution is 7.17. The molecule has 1 aromatic heterocycles. The van der Waals surface area contributed by atoms with Crippen LogP contribution in [0, 0.1) is 44.9 Å². The molecule has 31 heavy (non-hydrogen) atoms. The lowest BCUT2D eigenvalue weighted by Gasteiger charge is -2.36. The van der Waals surface area contributed by atoms with Crippen molar-refractivity contribution in [3.63, 3.8) is 0 Å². The molecule has 3 rings (SSSR count). The maximum atomic E-state index is 12.9. The van der Waals surface area contributed by atoms with Gasteiger partial charge in [0.2, 0.25) is 5.91 Å². The second-order valence-corrected chi connectivity index (χ2v) is 11.1. The summed E-state index contributed by atoms with van der Waals surface area (Å²) >= 11 is 1.24. The fourth-order valence-corrected chi connectivity index (χ4v) is 5.50. The zero-order valence-electron chi connectivity index (χ0n) is 19.8. The molecule has 0 unspecified atom stereocenters. The van der Waals surface area contributed by atoms with Crippen LogP contribution in [-0.2, 0) is 4.79 Å². The highest BCUT2D eigenvalue weighted by Gasteiger charge is 2.32. The summed E-state index contributed by atoms with van der Waals surface area (Å²) in [6.07, 6.45) is 4.00. The van der Waals surface area contributed by atoms with E-state index < -0.39 is 0 Å². The summed E-state index contributed by atoms with van der Waals surface area (Å²) in [5.41, 5.74) is 5.01. The van der Waals surface area contributed by atoms with Crippen LogP contribution in [0.3, 0.4) is 0 Å². The van der Waals surface area contributed by atoms with Gasteiger partial charge < -0.3 is 10.6 Å². The summed E-state index contributed by atoms with van der Waals surface area (Å²) in [4.78, 5) is 30.7. The van der Waals surface area contributed by atoms with Gasteiger partial charge in [-0.3, -0.25) is 9.59 Å². The van der Waals surface area contributed by atoms with Gasteiger partial charge in [0.05, 0.1) is 5.69 Å². The number of carbonyl (C=O) groups is 2. The maximum absolute atomic E-state index is 12.9. The van der Waals surface area contributed by atoms with Crippen LogP contribution in [0.1, 0.15) is 78.5 Å². The van der Waals surface area contributed by atoms with Crippen molar-refractivity contribution in [2.45, 2.75) is 74.1 Å². The molecule has 0 atom stereocenters. The van der Waals surface area contributed by atoms with Gasteiger partial charge in [0.15, 0.2) is 5.13 Å². The van der Waals surface area contributed by atoms with Crippen LogP contribution in [0.5, 0.6) is 0 Å². The quantitative estimate of drug-likeness (QED) is 0.575. The monoisotopic (exact) mass is 441 g/mol. The summed E-state index contributed by atoms with van der Waals surface area (Å²) in [7, 11) is 0. The molecular weight excluding hydrogens is 406 g/mol. The van der Waals surface area contributed by atoms with Crippen LogP contribution < -0.4 is 10.6 Å². The number of anilines is 2. The van der Waals surface area contributed by atoms with E-state index in [1.807, 2.05) is 27.7 Å². The topological polar surface area (TPSA) is 71.1 Å². The van der Waals surface area contributed by atoms with Crippen molar-refractivity contribution in [3.05, 3.63) is 39.4 Å². The van der Waals surface area contributed by atoms with Crippen LogP contribution >= 0.6 is 11.3 Å². The Morgan fingerprint density at radius 1 is 0.968 bits per heavy atom. The number of aromatic nitrogens is 1. The average molecular weight is 442 g/mol. The molecule has 0 spiro atoms. The third-order valence-electron chi connectivity index (χ3n) is 6.47. The van der Waals surface area contributed by atoms with E-state index in [9.17, 15) is 9.59 Å². The Hall–Kier alpha value is -2.21. The normalized spacial score (nSPS) is 19.2. The minimum atomic E-state index is -0.184. The van der Waals surface area contributed by atoms with Gasteiger partial charge in [-0.1, -0.05) is 49.8 Å². The van der Waals surface area contributed by atoms with Gasteiger partial charge in [-0.25, -0.2) is 4.98 Å². The first-order valence-electron chi connectivity index (χ1n) is 11.1. The van der Waals surface area contributed by atoms with Gasteiger partial charge in [0.1, 0.15) is 4.88 Å². The molecule has 1 aromatic carbocycles. The molecule has 2 amide bonds. The standard InChI is InChI=1S/C25H35N3O2S/c1-14-12-15(2)20(16(3)13-14)27-23(30)21-17(4)26-24(31-21)28-22(29)18-8-10-19(11-9-18)25(5,6)7/h12-13,18-19H,8-11H2,1-7H3,(H,27,30)(H,26,28,29).